The molecule has 2 aromatic rings. The van der Waals surface area contributed by atoms with E-state index in [1.165, 1.54) is 31.4 Å². The van der Waals surface area contributed by atoms with Crippen LogP contribution in [-0.2, 0) is 16.8 Å². The Bertz CT molecular complexity index is 949. The van der Waals surface area contributed by atoms with Gasteiger partial charge in [-0.1, -0.05) is 72.2 Å². The van der Waals surface area contributed by atoms with Crippen LogP contribution >= 0.6 is 0 Å². The molecule has 0 heterocycles. The van der Waals surface area contributed by atoms with Gasteiger partial charge < -0.3 is 5.11 Å². The highest BCUT2D eigenvalue weighted by atomic mass is 19.1. The highest BCUT2D eigenvalue weighted by Gasteiger charge is 2.25. The standard InChI is InChI=1S/C14H21NO.C10H11FO.C6H12.C2H6/c1-6-11(3)15-13-8-7-12(9-10(13)2)14(4,5)16;1-2-10(12)7-8-4-3-5-9(11)6-8;1-6(2)4-3-5-6;1-2/h7-9,16H,6H2,1-5H3;3-6H,2,7H2,1H3;3-5H2,1-2H3;1-2H3. The van der Waals surface area contributed by atoms with Crippen molar-refractivity contribution in [3.8, 4) is 0 Å². The smallest absolute Gasteiger partial charge is 0.136 e. The van der Waals surface area contributed by atoms with Crippen molar-refractivity contribution in [3.05, 3.63) is 65.0 Å². The highest BCUT2D eigenvalue weighted by Crippen LogP contribution is 2.38. The van der Waals surface area contributed by atoms with Crippen molar-refractivity contribution in [2.24, 2.45) is 10.4 Å². The van der Waals surface area contributed by atoms with Gasteiger partial charge in [-0.3, -0.25) is 9.79 Å². The van der Waals surface area contributed by atoms with Gasteiger partial charge >= 0.3 is 0 Å². The molecule has 0 aromatic heterocycles. The summed E-state index contributed by atoms with van der Waals surface area (Å²) in [5, 5.41) is 9.90. The first-order chi connectivity index (χ1) is 16.8. The van der Waals surface area contributed by atoms with Crippen molar-refractivity contribution < 1.29 is 14.3 Å². The van der Waals surface area contributed by atoms with Crippen LogP contribution < -0.4 is 0 Å². The van der Waals surface area contributed by atoms with Gasteiger partial charge in [-0.2, -0.15) is 0 Å². The summed E-state index contributed by atoms with van der Waals surface area (Å²) in [7, 11) is 0. The summed E-state index contributed by atoms with van der Waals surface area (Å²) >= 11 is 0. The van der Waals surface area contributed by atoms with E-state index >= 15 is 0 Å². The van der Waals surface area contributed by atoms with Crippen LogP contribution in [0, 0.1) is 18.2 Å². The molecule has 0 unspecified atom stereocenters. The number of aryl methyl sites for hydroxylation is 1. The third kappa shape index (κ3) is 13.7. The molecule has 36 heavy (non-hydrogen) atoms. The monoisotopic (exact) mass is 499 g/mol. The molecule has 1 N–H and O–H groups in total. The Morgan fingerprint density at radius 2 is 1.64 bits per heavy atom. The molecule has 0 radical (unpaired) electrons. The van der Waals surface area contributed by atoms with Crippen LogP contribution in [0.2, 0.25) is 0 Å². The second kappa shape index (κ2) is 16.4. The van der Waals surface area contributed by atoms with Crippen molar-refractivity contribution in [1.82, 2.24) is 0 Å². The summed E-state index contributed by atoms with van der Waals surface area (Å²) in [5.74, 6) is -0.142. The molecule has 0 saturated heterocycles. The number of carbonyl (C=O) groups excluding carboxylic acids is 1. The zero-order valence-corrected chi connectivity index (χ0v) is 24.5. The Balaban J connectivity index is 0.000000535. The maximum Gasteiger partial charge on any atom is 0.136 e. The van der Waals surface area contributed by atoms with Gasteiger partial charge in [0.2, 0.25) is 0 Å². The van der Waals surface area contributed by atoms with Crippen molar-refractivity contribution in [2.45, 2.75) is 113 Å². The minimum absolute atomic E-state index is 0.139. The van der Waals surface area contributed by atoms with Gasteiger partial charge in [0.25, 0.3) is 0 Å². The Morgan fingerprint density at radius 3 is 2.03 bits per heavy atom. The lowest BCUT2D eigenvalue weighted by Gasteiger charge is -2.33. The van der Waals surface area contributed by atoms with Gasteiger partial charge in [0.1, 0.15) is 11.6 Å². The number of nitrogens with zero attached hydrogens (tertiary/aromatic N) is 1. The maximum atomic E-state index is 12.6. The number of rotatable bonds is 6. The third-order valence-electron chi connectivity index (χ3n) is 6.12. The van der Waals surface area contributed by atoms with E-state index in [4.69, 9.17) is 0 Å². The van der Waals surface area contributed by atoms with E-state index < -0.39 is 5.60 Å². The van der Waals surface area contributed by atoms with Crippen molar-refractivity contribution in [3.63, 3.8) is 0 Å². The van der Waals surface area contributed by atoms with E-state index in [0.29, 0.717) is 12.8 Å². The molecule has 2 aromatic carbocycles. The minimum atomic E-state index is -0.785. The number of ketones is 1. The largest absolute Gasteiger partial charge is 0.386 e. The third-order valence-corrected chi connectivity index (χ3v) is 6.12. The Labute approximate surface area is 220 Å². The summed E-state index contributed by atoms with van der Waals surface area (Å²) in [5.41, 5.74) is 4.84. The van der Waals surface area contributed by atoms with Gasteiger partial charge in [-0.25, -0.2) is 4.39 Å². The number of carbonyl (C=O) groups is 1. The number of aliphatic imine (C=N–C) groups is 1. The average Bonchev–Trinajstić information content (AvgIpc) is 2.80. The molecular weight excluding hydrogens is 449 g/mol. The molecule has 0 spiro atoms. The fourth-order valence-electron chi connectivity index (χ4n) is 3.33. The van der Waals surface area contributed by atoms with Crippen LogP contribution in [-0.4, -0.2) is 16.6 Å². The zero-order valence-electron chi connectivity index (χ0n) is 24.5. The molecular formula is C32H50FNO2. The lowest BCUT2D eigenvalue weighted by Crippen LogP contribution is -2.20. The Kier molecular flexibility index (Phi) is 15.4. The fourth-order valence-corrected chi connectivity index (χ4v) is 3.33. The summed E-state index contributed by atoms with van der Waals surface area (Å²) in [6.07, 6.45) is 6.18. The molecule has 1 saturated carbocycles. The number of benzene rings is 2. The Morgan fingerprint density at radius 1 is 1.06 bits per heavy atom. The van der Waals surface area contributed by atoms with Crippen LogP contribution in [0.4, 0.5) is 10.1 Å². The van der Waals surface area contributed by atoms with Crippen LogP contribution in [0.3, 0.4) is 0 Å². The molecule has 3 nitrogen and oxygen atoms in total. The normalized spacial score (nSPS) is 14.1. The van der Waals surface area contributed by atoms with Crippen LogP contribution in [0.25, 0.3) is 0 Å². The highest BCUT2D eigenvalue weighted by molar-refractivity contribution is 5.84. The number of hydrogen-bond donors (Lipinski definition) is 1. The average molecular weight is 500 g/mol. The van der Waals surface area contributed by atoms with Gasteiger partial charge in [0.05, 0.1) is 11.3 Å². The summed E-state index contributed by atoms with van der Waals surface area (Å²) in [6, 6.07) is 12.1. The first-order valence-electron chi connectivity index (χ1n) is 13.4. The predicted octanol–water partition coefficient (Wildman–Crippen LogP) is 9.29. The molecule has 4 heteroatoms. The lowest BCUT2D eigenvalue weighted by atomic mass is 9.72. The molecule has 202 valence electrons. The van der Waals surface area contributed by atoms with Crippen LogP contribution in [0.15, 0.2) is 47.5 Å². The van der Waals surface area contributed by atoms with E-state index in [9.17, 15) is 14.3 Å². The van der Waals surface area contributed by atoms with Crippen molar-refractivity contribution in [2.75, 3.05) is 0 Å². The van der Waals surface area contributed by atoms with E-state index in [0.717, 1.165) is 39.9 Å². The molecule has 1 fully saturated rings. The number of Topliss-reactive ketones (excluding diaryl/α,β-unsaturated/α-hetero) is 1. The number of aliphatic hydroxyl groups is 1. The lowest BCUT2D eigenvalue weighted by molar-refractivity contribution is -0.118. The minimum Gasteiger partial charge on any atom is -0.386 e. The van der Waals surface area contributed by atoms with Gasteiger partial charge in [0, 0.05) is 18.6 Å². The topological polar surface area (TPSA) is 49.7 Å². The van der Waals surface area contributed by atoms with E-state index in [-0.39, 0.29) is 11.6 Å². The van der Waals surface area contributed by atoms with Gasteiger partial charge in [0.15, 0.2) is 0 Å². The zero-order chi connectivity index (χ0) is 27.9. The quantitative estimate of drug-likeness (QED) is 0.403. The SMILES string of the molecule is CC.CC1(C)CCC1.CCC(=O)Cc1cccc(F)c1.CCC(C)=Nc1ccc(C(C)(C)O)cc1C. The summed E-state index contributed by atoms with van der Waals surface area (Å²) < 4.78 is 12.6. The molecule has 0 aliphatic heterocycles. The molecule has 0 bridgehead atoms. The second-order valence-electron chi connectivity index (χ2n) is 10.5. The maximum absolute atomic E-state index is 12.6. The summed E-state index contributed by atoms with van der Waals surface area (Å²) in [4.78, 5) is 15.5. The van der Waals surface area contributed by atoms with Crippen LogP contribution in [0.5, 0.6) is 0 Å². The van der Waals surface area contributed by atoms with E-state index in [1.54, 1.807) is 26.0 Å². The fraction of sp³-hybridized carbons (Fsp3) is 0.562. The van der Waals surface area contributed by atoms with Gasteiger partial charge in [-0.15, -0.1) is 0 Å². The Hall–Kier alpha value is -2.33. The molecule has 1 aliphatic carbocycles. The first-order valence-corrected chi connectivity index (χ1v) is 13.4. The number of halogens is 1. The van der Waals surface area contributed by atoms with Crippen LogP contribution in [0.1, 0.15) is 111 Å². The second-order valence-corrected chi connectivity index (χ2v) is 10.5. The van der Waals surface area contributed by atoms with E-state index in [2.05, 4.69) is 25.8 Å². The van der Waals surface area contributed by atoms with Gasteiger partial charge in [-0.05, 0) is 87.3 Å². The van der Waals surface area contributed by atoms with Crippen molar-refractivity contribution >= 4 is 17.2 Å². The first kappa shape index (κ1) is 33.7. The van der Waals surface area contributed by atoms with Crippen molar-refractivity contribution in [1.29, 1.82) is 0 Å². The summed E-state index contributed by atoms with van der Waals surface area (Å²) in [6.45, 7) is 20.2. The molecule has 0 atom stereocenters. The molecule has 1 aliphatic rings. The predicted molar refractivity (Wildman–Crippen MR) is 154 cm³/mol. The molecule has 0 amide bonds. The molecule has 3 rings (SSSR count). The van der Waals surface area contributed by atoms with E-state index in [1.807, 2.05) is 52.8 Å². The number of hydrogen-bond acceptors (Lipinski definition) is 3.